The van der Waals surface area contributed by atoms with E-state index in [0.717, 1.165) is 16.8 Å². The van der Waals surface area contributed by atoms with Crippen molar-refractivity contribution in [1.29, 1.82) is 0 Å². The zero-order chi connectivity index (χ0) is 25.5. The standard InChI is InChI=1S/C25H32N4O6S/c1-19-4-6-20(7-5-19)36(30,31)29-10-8-28(9-11-29)25-21-16-23(34-14-12-32-2)24(35-15-13-33-3)17-22(21)26-18-27-25/h4-7,16-18H,8-15H2,1-3H3. The molecule has 11 heteroatoms. The third-order valence-corrected chi connectivity index (χ3v) is 7.88. The summed E-state index contributed by atoms with van der Waals surface area (Å²) in [4.78, 5) is 11.4. The van der Waals surface area contributed by atoms with Gasteiger partial charge >= 0.3 is 0 Å². The number of benzene rings is 2. The first-order valence-corrected chi connectivity index (χ1v) is 13.2. The highest BCUT2D eigenvalue weighted by molar-refractivity contribution is 7.89. The Morgan fingerprint density at radius 1 is 0.833 bits per heavy atom. The van der Waals surface area contributed by atoms with Gasteiger partial charge in [-0.15, -0.1) is 0 Å². The van der Waals surface area contributed by atoms with E-state index in [4.69, 9.17) is 18.9 Å². The number of hydrogen-bond donors (Lipinski definition) is 0. The molecule has 1 aliphatic heterocycles. The quantitative estimate of drug-likeness (QED) is 0.356. The van der Waals surface area contributed by atoms with Crippen LogP contribution in [0.25, 0.3) is 10.9 Å². The third-order valence-electron chi connectivity index (χ3n) is 5.97. The number of ether oxygens (including phenoxy) is 4. The van der Waals surface area contributed by atoms with Crippen LogP contribution < -0.4 is 14.4 Å². The Morgan fingerprint density at radius 3 is 2.06 bits per heavy atom. The van der Waals surface area contributed by atoms with Crippen molar-refractivity contribution in [2.24, 2.45) is 0 Å². The SMILES string of the molecule is COCCOc1cc2ncnc(N3CCN(S(=O)(=O)c4ccc(C)cc4)CC3)c2cc1OCCOC. The Bertz CT molecular complexity index is 1260. The molecule has 0 N–H and O–H groups in total. The molecule has 0 unspecified atom stereocenters. The Balaban J connectivity index is 1.56. The van der Waals surface area contributed by atoms with Crippen LogP contribution >= 0.6 is 0 Å². The van der Waals surface area contributed by atoms with E-state index >= 15 is 0 Å². The van der Waals surface area contributed by atoms with E-state index in [9.17, 15) is 8.42 Å². The highest BCUT2D eigenvalue weighted by Crippen LogP contribution is 2.35. The highest BCUT2D eigenvalue weighted by Gasteiger charge is 2.29. The number of aromatic nitrogens is 2. The fourth-order valence-electron chi connectivity index (χ4n) is 4.00. The first-order chi connectivity index (χ1) is 17.4. The molecule has 1 saturated heterocycles. The third kappa shape index (κ3) is 5.86. The number of anilines is 1. The van der Waals surface area contributed by atoms with Crippen LogP contribution in [0.3, 0.4) is 0 Å². The summed E-state index contributed by atoms with van der Waals surface area (Å²) in [5.74, 6) is 1.86. The van der Waals surface area contributed by atoms with Gasteiger partial charge in [-0.3, -0.25) is 0 Å². The van der Waals surface area contributed by atoms with E-state index in [0.29, 0.717) is 74.5 Å². The van der Waals surface area contributed by atoms with E-state index in [2.05, 4.69) is 14.9 Å². The molecule has 0 bridgehead atoms. The number of nitrogens with zero attached hydrogens (tertiary/aromatic N) is 4. The second kappa shape index (κ2) is 11.8. The molecule has 4 rings (SSSR count). The lowest BCUT2D eigenvalue weighted by atomic mass is 10.2. The van der Waals surface area contributed by atoms with E-state index in [1.165, 1.54) is 10.6 Å². The van der Waals surface area contributed by atoms with Crippen LogP contribution in [0.1, 0.15) is 5.56 Å². The van der Waals surface area contributed by atoms with E-state index in [-0.39, 0.29) is 0 Å². The summed E-state index contributed by atoms with van der Waals surface area (Å²) >= 11 is 0. The maximum atomic E-state index is 13.1. The van der Waals surface area contributed by atoms with Crippen molar-refractivity contribution in [2.45, 2.75) is 11.8 Å². The molecule has 0 radical (unpaired) electrons. The molecular weight excluding hydrogens is 484 g/mol. The van der Waals surface area contributed by atoms with Gasteiger partial charge in [0, 0.05) is 51.9 Å². The summed E-state index contributed by atoms with van der Waals surface area (Å²) in [6.07, 6.45) is 1.51. The first kappa shape index (κ1) is 26.1. The van der Waals surface area contributed by atoms with Gasteiger partial charge in [-0.2, -0.15) is 4.31 Å². The van der Waals surface area contributed by atoms with Gasteiger partial charge in [-0.25, -0.2) is 18.4 Å². The molecule has 0 saturated carbocycles. The molecule has 36 heavy (non-hydrogen) atoms. The summed E-state index contributed by atoms with van der Waals surface area (Å²) in [7, 11) is -0.316. The fraction of sp³-hybridized carbons (Fsp3) is 0.440. The summed E-state index contributed by atoms with van der Waals surface area (Å²) < 4.78 is 49.7. The lowest BCUT2D eigenvalue weighted by molar-refractivity contribution is 0.132. The molecular formula is C25H32N4O6S. The number of piperazine rings is 1. The molecule has 194 valence electrons. The topological polar surface area (TPSA) is 103 Å². The smallest absolute Gasteiger partial charge is 0.243 e. The molecule has 1 aliphatic rings. The monoisotopic (exact) mass is 516 g/mol. The van der Waals surface area contributed by atoms with Crippen molar-refractivity contribution in [1.82, 2.24) is 14.3 Å². The maximum Gasteiger partial charge on any atom is 0.243 e. The number of rotatable bonds is 11. The number of hydrogen-bond acceptors (Lipinski definition) is 9. The average molecular weight is 517 g/mol. The summed E-state index contributed by atoms with van der Waals surface area (Å²) in [5, 5.41) is 0.804. The van der Waals surface area contributed by atoms with E-state index < -0.39 is 10.0 Å². The van der Waals surface area contributed by atoms with Gasteiger partial charge < -0.3 is 23.8 Å². The largest absolute Gasteiger partial charge is 0.487 e. The lowest BCUT2D eigenvalue weighted by Gasteiger charge is -2.35. The van der Waals surface area contributed by atoms with Crippen LogP contribution in [0.5, 0.6) is 11.5 Å². The van der Waals surface area contributed by atoms with Crippen molar-refractivity contribution in [3.63, 3.8) is 0 Å². The molecule has 1 aromatic heterocycles. The predicted molar refractivity (Wildman–Crippen MR) is 136 cm³/mol. The molecule has 2 aromatic carbocycles. The van der Waals surface area contributed by atoms with Gasteiger partial charge in [-0.1, -0.05) is 17.7 Å². The van der Waals surface area contributed by atoms with Gasteiger partial charge in [0.15, 0.2) is 11.5 Å². The maximum absolute atomic E-state index is 13.1. The molecule has 3 aromatic rings. The van der Waals surface area contributed by atoms with Crippen molar-refractivity contribution < 1.29 is 27.4 Å². The van der Waals surface area contributed by atoms with Crippen molar-refractivity contribution in [3.05, 3.63) is 48.3 Å². The number of methoxy groups -OCH3 is 2. The normalized spacial score (nSPS) is 14.8. The fourth-order valence-corrected chi connectivity index (χ4v) is 5.42. The van der Waals surface area contributed by atoms with Crippen LogP contribution in [0.4, 0.5) is 5.82 Å². The average Bonchev–Trinajstić information content (AvgIpc) is 2.89. The summed E-state index contributed by atoms with van der Waals surface area (Å²) in [6, 6.07) is 10.7. The predicted octanol–water partition coefficient (Wildman–Crippen LogP) is 2.50. The Hall–Kier alpha value is -2.99. The molecule has 0 aliphatic carbocycles. The zero-order valence-electron chi connectivity index (χ0n) is 20.8. The van der Waals surface area contributed by atoms with Crippen molar-refractivity contribution >= 4 is 26.7 Å². The first-order valence-electron chi connectivity index (χ1n) is 11.8. The molecule has 0 spiro atoms. The lowest BCUT2D eigenvalue weighted by Crippen LogP contribution is -2.49. The van der Waals surface area contributed by atoms with E-state index in [1.807, 2.05) is 31.2 Å². The van der Waals surface area contributed by atoms with E-state index in [1.54, 1.807) is 26.4 Å². The van der Waals surface area contributed by atoms with Crippen LogP contribution in [-0.4, -0.2) is 89.5 Å². The Morgan fingerprint density at radius 2 is 1.44 bits per heavy atom. The van der Waals surface area contributed by atoms with Crippen LogP contribution in [-0.2, 0) is 19.5 Å². The van der Waals surface area contributed by atoms with Crippen molar-refractivity contribution in [2.75, 3.05) is 71.7 Å². The molecule has 0 atom stereocenters. The van der Waals surface area contributed by atoms with Crippen LogP contribution in [0.15, 0.2) is 47.6 Å². The van der Waals surface area contributed by atoms with Gasteiger partial charge in [0.05, 0.1) is 23.6 Å². The van der Waals surface area contributed by atoms with Gasteiger partial charge in [0.1, 0.15) is 25.4 Å². The van der Waals surface area contributed by atoms with Crippen LogP contribution in [0.2, 0.25) is 0 Å². The number of sulfonamides is 1. The van der Waals surface area contributed by atoms with Gasteiger partial charge in [0.2, 0.25) is 10.0 Å². The van der Waals surface area contributed by atoms with Gasteiger partial charge in [0.25, 0.3) is 0 Å². The second-order valence-electron chi connectivity index (χ2n) is 8.40. The van der Waals surface area contributed by atoms with Gasteiger partial charge in [-0.05, 0) is 25.1 Å². The summed E-state index contributed by atoms with van der Waals surface area (Å²) in [5.41, 5.74) is 1.73. The molecule has 2 heterocycles. The van der Waals surface area contributed by atoms with Crippen LogP contribution in [0, 0.1) is 6.92 Å². The molecule has 0 amide bonds. The zero-order valence-corrected chi connectivity index (χ0v) is 21.7. The molecule has 10 nitrogen and oxygen atoms in total. The van der Waals surface area contributed by atoms with Crippen molar-refractivity contribution in [3.8, 4) is 11.5 Å². The minimum atomic E-state index is -3.55. The molecule has 1 fully saturated rings. The number of fused-ring (bicyclic) bond motifs is 1. The Labute approximate surface area is 211 Å². The minimum Gasteiger partial charge on any atom is -0.487 e. The Kier molecular flexibility index (Phi) is 8.57. The highest BCUT2D eigenvalue weighted by atomic mass is 32.2. The minimum absolute atomic E-state index is 0.313. The summed E-state index contributed by atoms with van der Waals surface area (Å²) in [6.45, 7) is 5.27. The number of aryl methyl sites for hydroxylation is 1. The second-order valence-corrected chi connectivity index (χ2v) is 10.3.